The van der Waals surface area contributed by atoms with Gasteiger partial charge < -0.3 is 10.4 Å². The molecule has 0 amide bonds. The summed E-state index contributed by atoms with van der Waals surface area (Å²) in [6.45, 7) is 8.25. The topological polar surface area (TPSA) is 75.1 Å². The van der Waals surface area contributed by atoms with E-state index < -0.39 is 5.97 Å². The van der Waals surface area contributed by atoms with Gasteiger partial charge in [-0.3, -0.25) is 0 Å². The first kappa shape index (κ1) is 15.4. The van der Waals surface area contributed by atoms with Crippen molar-refractivity contribution >= 4 is 28.3 Å². The van der Waals surface area contributed by atoms with Crippen LogP contribution in [0.15, 0.2) is 17.5 Å². The maximum absolute atomic E-state index is 11.1. The van der Waals surface area contributed by atoms with E-state index in [4.69, 9.17) is 5.11 Å². The second-order valence-corrected chi connectivity index (χ2v) is 6.66. The molecule has 112 valence electrons. The largest absolute Gasteiger partial charge is 0.478 e. The Morgan fingerprint density at radius 2 is 2.05 bits per heavy atom. The van der Waals surface area contributed by atoms with E-state index in [1.54, 1.807) is 6.07 Å². The predicted molar refractivity (Wildman–Crippen MR) is 84.7 cm³/mol. The molecule has 0 aliphatic rings. The molecule has 0 spiro atoms. The lowest BCUT2D eigenvalue weighted by Crippen LogP contribution is -2.11. The molecule has 2 heterocycles. The van der Waals surface area contributed by atoms with Gasteiger partial charge >= 0.3 is 5.97 Å². The van der Waals surface area contributed by atoms with E-state index in [-0.39, 0.29) is 11.0 Å². The number of pyridine rings is 1. The van der Waals surface area contributed by atoms with Gasteiger partial charge in [-0.25, -0.2) is 14.8 Å². The molecule has 0 fully saturated rings. The van der Waals surface area contributed by atoms with Gasteiger partial charge in [0.2, 0.25) is 0 Å². The van der Waals surface area contributed by atoms with E-state index in [2.05, 4.69) is 36.1 Å². The summed E-state index contributed by atoms with van der Waals surface area (Å²) < 4.78 is 0. The Morgan fingerprint density at radius 3 is 2.57 bits per heavy atom. The van der Waals surface area contributed by atoms with Gasteiger partial charge in [-0.15, -0.1) is 11.3 Å². The van der Waals surface area contributed by atoms with Crippen LogP contribution in [0.2, 0.25) is 0 Å². The van der Waals surface area contributed by atoms with Gasteiger partial charge in [0.15, 0.2) is 5.13 Å². The fourth-order valence-corrected chi connectivity index (χ4v) is 2.69. The van der Waals surface area contributed by atoms with Crippen molar-refractivity contribution in [2.45, 2.75) is 39.5 Å². The van der Waals surface area contributed by atoms with E-state index in [0.29, 0.717) is 12.2 Å². The van der Waals surface area contributed by atoms with Crippen LogP contribution in [-0.4, -0.2) is 21.0 Å². The highest BCUT2D eigenvalue weighted by atomic mass is 32.1. The van der Waals surface area contributed by atoms with Crippen LogP contribution in [-0.2, 0) is 11.8 Å². The van der Waals surface area contributed by atoms with Gasteiger partial charge in [0.1, 0.15) is 5.82 Å². The van der Waals surface area contributed by atoms with Crippen molar-refractivity contribution in [1.29, 1.82) is 0 Å². The summed E-state index contributed by atoms with van der Waals surface area (Å²) in [7, 11) is 0. The Morgan fingerprint density at radius 1 is 1.33 bits per heavy atom. The quantitative estimate of drug-likeness (QED) is 0.897. The first-order chi connectivity index (χ1) is 9.79. The molecule has 0 unspecified atom stereocenters. The summed E-state index contributed by atoms with van der Waals surface area (Å²) >= 11 is 1.49. The maximum atomic E-state index is 11.1. The van der Waals surface area contributed by atoms with Crippen LogP contribution in [0.3, 0.4) is 0 Å². The lowest BCUT2D eigenvalue weighted by molar-refractivity contribution is 0.0696. The number of anilines is 2. The number of carbonyl (C=O) groups is 1. The molecule has 2 rings (SSSR count). The molecule has 2 aromatic rings. The van der Waals surface area contributed by atoms with E-state index in [1.165, 1.54) is 17.4 Å². The third-order valence-corrected chi connectivity index (χ3v) is 3.75. The molecule has 0 bridgehead atoms. The molecular formula is C15H19N3O2S. The lowest BCUT2D eigenvalue weighted by Gasteiger charge is -2.14. The molecule has 0 radical (unpaired) electrons. The highest BCUT2D eigenvalue weighted by molar-refractivity contribution is 7.13. The molecule has 0 atom stereocenters. The minimum atomic E-state index is -0.954. The van der Waals surface area contributed by atoms with Gasteiger partial charge in [0, 0.05) is 16.5 Å². The van der Waals surface area contributed by atoms with E-state index >= 15 is 0 Å². The third kappa shape index (κ3) is 3.78. The summed E-state index contributed by atoms with van der Waals surface area (Å²) in [6.07, 6.45) is 0.681. The smallest absolute Gasteiger partial charge is 0.335 e. The van der Waals surface area contributed by atoms with Crippen LogP contribution >= 0.6 is 11.3 Å². The average molecular weight is 305 g/mol. The number of hydrogen-bond acceptors (Lipinski definition) is 5. The molecule has 2 aromatic heterocycles. The molecule has 0 saturated carbocycles. The number of aromatic nitrogens is 2. The number of aryl methyl sites for hydroxylation is 1. The van der Waals surface area contributed by atoms with Crippen molar-refractivity contribution in [3.63, 3.8) is 0 Å². The molecule has 6 heteroatoms. The number of rotatable bonds is 4. The van der Waals surface area contributed by atoms with E-state index in [9.17, 15) is 4.79 Å². The van der Waals surface area contributed by atoms with Crippen LogP contribution < -0.4 is 5.32 Å². The highest BCUT2D eigenvalue weighted by Crippen LogP contribution is 2.28. The highest BCUT2D eigenvalue weighted by Gasteiger charge is 2.18. The Hall–Kier alpha value is -1.95. The number of hydrogen-bond donors (Lipinski definition) is 2. The van der Waals surface area contributed by atoms with Crippen molar-refractivity contribution in [3.05, 3.63) is 34.5 Å². The van der Waals surface area contributed by atoms with Crippen molar-refractivity contribution < 1.29 is 9.90 Å². The monoisotopic (exact) mass is 305 g/mol. The van der Waals surface area contributed by atoms with Crippen LogP contribution in [0.1, 0.15) is 49.4 Å². The maximum Gasteiger partial charge on any atom is 0.335 e. The Balaban J connectivity index is 2.28. The first-order valence-electron chi connectivity index (χ1n) is 6.77. The molecule has 0 aromatic carbocycles. The van der Waals surface area contributed by atoms with Gasteiger partial charge in [-0.05, 0) is 18.6 Å². The number of nitrogens with zero attached hydrogens (tertiary/aromatic N) is 2. The molecule has 21 heavy (non-hydrogen) atoms. The minimum absolute atomic E-state index is 0.0125. The SMILES string of the molecule is CCc1cc(C(=O)O)cc(Nc2nc(C(C)(C)C)cs2)n1. The second kappa shape index (κ2) is 5.81. The third-order valence-electron chi connectivity index (χ3n) is 3.00. The number of carboxylic acids is 1. The zero-order chi connectivity index (χ0) is 15.6. The van der Waals surface area contributed by atoms with Crippen LogP contribution in [0.5, 0.6) is 0 Å². The molecule has 0 aliphatic heterocycles. The Labute approximate surface area is 128 Å². The van der Waals surface area contributed by atoms with Gasteiger partial charge in [0.05, 0.1) is 11.3 Å². The predicted octanol–water partition coefficient (Wildman–Crippen LogP) is 3.84. The van der Waals surface area contributed by atoms with Crippen molar-refractivity contribution in [1.82, 2.24) is 9.97 Å². The van der Waals surface area contributed by atoms with E-state index in [1.807, 2.05) is 12.3 Å². The van der Waals surface area contributed by atoms with Crippen molar-refractivity contribution in [2.75, 3.05) is 5.32 Å². The molecule has 5 nitrogen and oxygen atoms in total. The second-order valence-electron chi connectivity index (χ2n) is 5.80. The number of aromatic carboxylic acids is 1. The van der Waals surface area contributed by atoms with Crippen LogP contribution in [0, 0.1) is 0 Å². The molecule has 0 aliphatic carbocycles. The molecular weight excluding hydrogens is 286 g/mol. The normalized spacial score (nSPS) is 11.4. The summed E-state index contributed by atoms with van der Waals surface area (Å²) in [5.74, 6) is -0.439. The number of thiazole rings is 1. The first-order valence-corrected chi connectivity index (χ1v) is 7.65. The Kier molecular flexibility index (Phi) is 4.27. The zero-order valence-electron chi connectivity index (χ0n) is 12.6. The average Bonchev–Trinajstić information content (AvgIpc) is 2.86. The van der Waals surface area contributed by atoms with Gasteiger partial charge in [-0.1, -0.05) is 27.7 Å². The van der Waals surface area contributed by atoms with E-state index in [0.717, 1.165) is 16.5 Å². The van der Waals surface area contributed by atoms with Gasteiger partial charge in [-0.2, -0.15) is 0 Å². The summed E-state index contributed by atoms with van der Waals surface area (Å²) in [6, 6.07) is 3.12. The van der Waals surface area contributed by atoms with Crippen LogP contribution in [0.25, 0.3) is 0 Å². The fourth-order valence-electron chi connectivity index (χ4n) is 1.74. The van der Waals surface area contributed by atoms with Crippen molar-refractivity contribution in [3.8, 4) is 0 Å². The molecule has 2 N–H and O–H groups in total. The molecule has 0 saturated heterocycles. The minimum Gasteiger partial charge on any atom is -0.478 e. The van der Waals surface area contributed by atoms with Crippen molar-refractivity contribution in [2.24, 2.45) is 0 Å². The number of carboxylic acid groups (broad SMARTS) is 1. The fraction of sp³-hybridized carbons (Fsp3) is 0.400. The Bertz CT molecular complexity index is 659. The lowest BCUT2D eigenvalue weighted by atomic mass is 9.93. The zero-order valence-corrected chi connectivity index (χ0v) is 13.4. The standard InChI is InChI=1S/C15H19N3O2S/c1-5-10-6-9(13(19)20)7-12(16-10)18-14-17-11(8-21-14)15(2,3)4/h6-8H,5H2,1-4H3,(H,19,20)(H,16,17,18). The summed E-state index contributed by atoms with van der Waals surface area (Å²) in [4.78, 5) is 20.1. The van der Waals surface area contributed by atoms with Gasteiger partial charge in [0.25, 0.3) is 0 Å². The summed E-state index contributed by atoms with van der Waals surface area (Å²) in [5.41, 5.74) is 1.96. The van der Waals surface area contributed by atoms with Crippen LogP contribution in [0.4, 0.5) is 10.9 Å². The number of nitrogens with one attached hydrogen (secondary N) is 1. The summed E-state index contributed by atoms with van der Waals surface area (Å²) in [5, 5.41) is 15.0.